The summed E-state index contributed by atoms with van der Waals surface area (Å²) in [6.07, 6.45) is 0.480. The smallest absolute Gasteiger partial charge is 0.224 e. The van der Waals surface area contributed by atoms with Gasteiger partial charge in [0.15, 0.2) is 0 Å². The van der Waals surface area contributed by atoms with E-state index in [1.807, 2.05) is 4.90 Å². The summed E-state index contributed by atoms with van der Waals surface area (Å²) in [5, 5.41) is 0. The predicted octanol–water partition coefficient (Wildman–Crippen LogP) is 0.522. The van der Waals surface area contributed by atoms with E-state index in [0.29, 0.717) is 18.4 Å². The zero-order chi connectivity index (χ0) is 12.3. The van der Waals surface area contributed by atoms with Crippen molar-refractivity contribution in [1.82, 2.24) is 9.80 Å². The van der Waals surface area contributed by atoms with Gasteiger partial charge >= 0.3 is 0 Å². The fourth-order valence-corrected chi connectivity index (χ4v) is 1.84. The summed E-state index contributed by atoms with van der Waals surface area (Å²) in [7, 11) is 2.10. The fraction of sp³-hybridized carbons (Fsp3) is 0.917. The number of likely N-dealkylation sites (N-methyl/N-ethyl adjacent to an activating group) is 1. The maximum atomic E-state index is 12.0. The van der Waals surface area contributed by atoms with Crippen molar-refractivity contribution in [3.63, 3.8) is 0 Å². The van der Waals surface area contributed by atoms with Gasteiger partial charge in [-0.3, -0.25) is 4.79 Å². The molecule has 0 aromatic rings. The molecular formula is C12H25N3O. The number of rotatable bonds is 3. The minimum atomic E-state index is -0.0116. The first-order valence-corrected chi connectivity index (χ1v) is 6.15. The molecule has 0 aromatic heterocycles. The molecule has 1 amide bonds. The largest absolute Gasteiger partial charge is 0.340 e. The van der Waals surface area contributed by atoms with Gasteiger partial charge in [0.1, 0.15) is 0 Å². The van der Waals surface area contributed by atoms with Crippen molar-refractivity contribution in [2.45, 2.75) is 39.3 Å². The quantitative estimate of drug-likeness (QED) is 0.765. The van der Waals surface area contributed by atoms with Crippen LogP contribution in [0.3, 0.4) is 0 Å². The topological polar surface area (TPSA) is 49.6 Å². The Balaban J connectivity index is 2.43. The third-order valence-electron chi connectivity index (χ3n) is 3.58. The van der Waals surface area contributed by atoms with E-state index in [-0.39, 0.29) is 11.9 Å². The Morgan fingerprint density at radius 2 is 2.06 bits per heavy atom. The van der Waals surface area contributed by atoms with Gasteiger partial charge in [0.25, 0.3) is 0 Å². The van der Waals surface area contributed by atoms with Gasteiger partial charge < -0.3 is 15.5 Å². The Labute approximate surface area is 98.8 Å². The van der Waals surface area contributed by atoms with E-state index < -0.39 is 0 Å². The molecule has 1 saturated heterocycles. The van der Waals surface area contributed by atoms with Crippen molar-refractivity contribution < 1.29 is 4.79 Å². The minimum Gasteiger partial charge on any atom is -0.340 e. The molecule has 1 rings (SSSR count). The first-order valence-electron chi connectivity index (χ1n) is 6.15. The summed E-state index contributed by atoms with van der Waals surface area (Å²) in [6.45, 7) is 8.91. The number of piperazine rings is 1. The summed E-state index contributed by atoms with van der Waals surface area (Å²) < 4.78 is 0. The highest BCUT2D eigenvalue weighted by atomic mass is 16.2. The van der Waals surface area contributed by atoms with E-state index in [1.54, 1.807) is 0 Å². The molecule has 0 aliphatic carbocycles. The van der Waals surface area contributed by atoms with Crippen LogP contribution in [0.2, 0.25) is 0 Å². The van der Waals surface area contributed by atoms with Crippen LogP contribution in [0.25, 0.3) is 0 Å². The number of nitrogens with two attached hydrogens (primary N) is 1. The Bertz CT molecular complexity index is 242. The molecule has 1 aliphatic rings. The van der Waals surface area contributed by atoms with Gasteiger partial charge in [-0.25, -0.2) is 0 Å². The summed E-state index contributed by atoms with van der Waals surface area (Å²) in [6, 6.07) is 0.440. The number of carbonyl (C=O) groups excluding carboxylic acids is 1. The molecule has 1 fully saturated rings. The van der Waals surface area contributed by atoms with Crippen molar-refractivity contribution in [2.24, 2.45) is 11.7 Å². The van der Waals surface area contributed by atoms with Crippen molar-refractivity contribution in [3.8, 4) is 0 Å². The van der Waals surface area contributed by atoms with Crippen LogP contribution in [0.15, 0.2) is 0 Å². The van der Waals surface area contributed by atoms with E-state index in [4.69, 9.17) is 5.73 Å². The zero-order valence-electron chi connectivity index (χ0n) is 10.9. The molecule has 0 spiro atoms. The van der Waals surface area contributed by atoms with Crippen LogP contribution in [0, 0.1) is 5.92 Å². The van der Waals surface area contributed by atoms with Crippen LogP contribution in [0.4, 0.5) is 0 Å². The van der Waals surface area contributed by atoms with Crippen LogP contribution in [-0.2, 0) is 4.79 Å². The summed E-state index contributed by atoms with van der Waals surface area (Å²) in [4.78, 5) is 16.2. The molecule has 0 aromatic carbocycles. The Morgan fingerprint density at radius 3 is 2.56 bits per heavy atom. The molecule has 0 bridgehead atoms. The molecule has 2 N–H and O–H groups in total. The SMILES string of the molecule is CC(C)C(N)CC(=O)N1CCN(C)C(C)C1. The molecule has 0 saturated carbocycles. The molecule has 2 atom stereocenters. The lowest BCUT2D eigenvalue weighted by Gasteiger charge is -2.38. The van der Waals surface area contributed by atoms with Crippen molar-refractivity contribution >= 4 is 5.91 Å². The van der Waals surface area contributed by atoms with E-state index in [9.17, 15) is 4.79 Å². The van der Waals surface area contributed by atoms with Gasteiger partial charge in [-0.2, -0.15) is 0 Å². The van der Waals surface area contributed by atoms with Crippen LogP contribution in [0.1, 0.15) is 27.2 Å². The molecule has 94 valence electrons. The molecular weight excluding hydrogens is 202 g/mol. The lowest BCUT2D eigenvalue weighted by atomic mass is 10.0. The standard InChI is InChI=1S/C12H25N3O/c1-9(2)11(13)7-12(16)15-6-5-14(4)10(3)8-15/h9-11H,5-8,13H2,1-4H3. The van der Waals surface area contributed by atoms with Gasteiger partial charge in [0, 0.05) is 38.1 Å². The third-order valence-corrected chi connectivity index (χ3v) is 3.58. The normalized spacial score (nSPS) is 24.9. The second-order valence-corrected chi connectivity index (χ2v) is 5.28. The highest BCUT2D eigenvalue weighted by Crippen LogP contribution is 2.11. The van der Waals surface area contributed by atoms with Crippen LogP contribution in [-0.4, -0.2) is 54.5 Å². The maximum absolute atomic E-state index is 12.0. The Hall–Kier alpha value is -0.610. The number of amides is 1. The molecule has 4 heteroatoms. The minimum absolute atomic E-state index is 0.0116. The number of hydrogen-bond acceptors (Lipinski definition) is 3. The highest BCUT2D eigenvalue weighted by molar-refractivity contribution is 5.77. The fourth-order valence-electron chi connectivity index (χ4n) is 1.84. The molecule has 0 radical (unpaired) electrons. The molecule has 4 nitrogen and oxygen atoms in total. The van der Waals surface area contributed by atoms with E-state index in [0.717, 1.165) is 19.6 Å². The average Bonchev–Trinajstić information content (AvgIpc) is 2.21. The van der Waals surface area contributed by atoms with E-state index in [2.05, 4.69) is 32.7 Å². The van der Waals surface area contributed by atoms with Crippen molar-refractivity contribution in [2.75, 3.05) is 26.7 Å². The van der Waals surface area contributed by atoms with Gasteiger partial charge in [-0.15, -0.1) is 0 Å². The Morgan fingerprint density at radius 1 is 1.44 bits per heavy atom. The highest BCUT2D eigenvalue weighted by Gasteiger charge is 2.25. The van der Waals surface area contributed by atoms with Gasteiger partial charge in [0.05, 0.1) is 0 Å². The third kappa shape index (κ3) is 3.46. The van der Waals surface area contributed by atoms with Crippen molar-refractivity contribution in [1.29, 1.82) is 0 Å². The lowest BCUT2D eigenvalue weighted by Crippen LogP contribution is -2.52. The second-order valence-electron chi connectivity index (χ2n) is 5.28. The summed E-state index contributed by atoms with van der Waals surface area (Å²) in [5.41, 5.74) is 5.93. The zero-order valence-corrected chi connectivity index (χ0v) is 10.9. The molecule has 2 unspecified atom stereocenters. The van der Waals surface area contributed by atoms with E-state index in [1.165, 1.54) is 0 Å². The molecule has 1 aliphatic heterocycles. The predicted molar refractivity (Wildman–Crippen MR) is 66.1 cm³/mol. The Kier molecular flexibility index (Phi) is 4.74. The van der Waals surface area contributed by atoms with Gasteiger partial charge in [-0.1, -0.05) is 13.8 Å². The number of carbonyl (C=O) groups is 1. The first-order chi connectivity index (χ1) is 7.41. The number of hydrogen-bond donors (Lipinski definition) is 1. The van der Waals surface area contributed by atoms with Gasteiger partial charge in [-0.05, 0) is 19.9 Å². The van der Waals surface area contributed by atoms with Crippen LogP contribution >= 0.6 is 0 Å². The molecule has 1 heterocycles. The van der Waals surface area contributed by atoms with Crippen LogP contribution < -0.4 is 5.73 Å². The summed E-state index contributed by atoms with van der Waals surface area (Å²) >= 11 is 0. The van der Waals surface area contributed by atoms with Crippen LogP contribution in [0.5, 0.6) is 0 Å². The first kappa shape index (κ1) is 13.5. The van der Waals surface area contributed by atoms with E-state index >= 15 is 0 Å². The summed E-state index contributed by atoms with van der Waals surface area (Å²) in [5.74, 6) is 0.579. The molecule has 16 heavy (non-hydrogen) atoms. The monoisotopic (exact) mass is 227 g/mol. The van der Waals surface area contributed by atoms with Crippen molar-refractivity contribution in [3.05, 3.63) is 0 Å². The maximum Gasteiger partial charge on any atom is 0.224 e. The average molecular weight is 227 g/mol. The number of nitrogens with zero attached hydrogens (tertiary/aromatic N) is 2. The second kappa shape index (κ2) is 5.64. The van der Waals surface area contributed by atoms with Gasteiger partial charge in [0.2, 0.25) is 5.91 Å². The lowest BCUT2D eigenvalue weighted by molar-refractivity contribution is -0.134.